The van der Waals surface area contributed by atoms with E-state index in [1.165, 1.54) is 25.6 Å². The Morgan fingerprint density at radius 3 is 2.81 bits per heavy atom. The van der Waals surface area contributed by atoms with Gasteiger partial charge < -0.3 is 20.5 Å². The highest BCUT2D eigenvalue weighted by molar-refractivity contribution is 5.72. The topological polar surface area (TPSA) is 82.3 Å². The van der Waals surface area contributed by atoms with Crippen molar-refractivity contribution in [2.24, 2.45) is 0 Å². The molecule has 0 atom stereocenters. The van der Waals surface area contributed by atoms with Crippen LogP contribution in [0.15, 0.2) is 24.5 Å². The van der Waals surface area contributed by atoms with Gasteiger partial charge in [-0.3, -0.25) is 0 Å². The first-order valence-corrected chi connectivity index (χ1v) is 6.49. The number of halogens is 1. The molecule has 0 aliphatic rings. The predicted molar refractivity (Wildman–Crippen MR) is 78.5 cm³/mol. The van der Waals surface area contributed by atoms with Crippen LogP contribution in [0.25, 0.3) is 0 Å². The Kier molecular flexibility index (Phi) is 4.76. The Morgan fingerprint density at radius 2 is 2.14 bits per heavy atom. The maximum atomic E-state index is 13.6. The Balaban J connectivity index is 2.21. The summed E-state index contributed by atoms with van der Waals surface area (Å²) in [5, 5.41) is 2.93. The van der Waals surface area contributed by atoms with E-state index in [4.69, 9.17) is 15.2 Å². The first-order valence-electron chi connectivity index (χ1n) is 6.49. The van der Waals surface area contributed by atoms with Crippen LogP contribution in [0.2, 0.25) is 0 Å². The molecule has 0 spiro atoms. The van der Waals surface area contributed by atoms with Crippen LogP contribution in [0.1, 0.15) is 13.3 Å². The molecule has 7 heteroatoms. The lowest BCUT2D eigenvalue weighted by Crippen LogP contribution is -2.06. The van der Waals surface area contributed by atoms with Gasteiger partial charge in [0, 0.05) is 11.8 Å². The highest BCUT2D eigenvalue weighted by atomic mass is 19.1. The van der Waals surface area contributed by atoms with E-state index < -0.39 is 5.82 Å². The van der Waals surface area contributed by atoms with Gasteiger partial charge in [0.2, 0.25) is 5.88 Å². The number of aromatic nitrogens is 2. The van der Waals surface area contributed by atoms with E-state index in [0.29, 0.717) is 24.0 Å². The maximum absolute atomic E-state index is 13.6. The fraction of sp³-hybridized carbons (Fsp3) is 0.286. The van der Waals surface area contributed by atoms with E-state index in [1.54, 1.807) is 6.07 Å². The molecule has 1 aromatic carbocycles. The van der Waals surface area contributed by atoms with Crippen LogP contribution in [-0.4, -0.2) is 23.7 Å². The van der Waals surface area contributed by atoms with Gasteiger partial charge >= 0.3 is 0 Å². The standard InChI is InChI=1S/C14H17FN4O2/c1-3-6-21-14-12(16)13(17-8-18-14)19-9-4-5-11(20-2)10(15)7-9/h4-5,7-8H,3,6,16H2,1-2H3,(H,17,18,19). The normalized spacial score (nSPS) is 10.2. The highest BCUT2D eigenvalue weighted by Gasteiger charge is 2.10. The molecule has 0 saturated carbocycles. The molecule has 0 fully saturated rings. The molecule has 0 amide bonds. The van der Waals surface area contributed by atoms with Crippen molar-refractivity contribution in [1.82, 2.24) is 9.97 Å². The number of benzene rings is 1. The fourth-order valence-corrected chi connectivity index (χ4v) is 1.67. The van der Waals surface area contributed by atoms with Crippen LogP contribution in [0.3, 0.4) is 0 Å². The van der Waals surface area contributed by atoms with E-state index in [-0.39, 0.29) is 11.4 Å². The lowest BCUT2D eigenvalue weighted by Gasteiger charge is -2.12. The van der Waals surface area contributed by atoms with Gasteiger partial charge in [0.05, 0.1) is 13.7 Å². The number of anilines is 3. The summed E-state index contributed by atoms with van der Waals surface area (Å²) < 4.78 is 23.9. The lowest BCUT2D eigenvalue weighted by molar-refractivity contribution is 0.307. The summed E-state index contributed by atoms with van der Waals surface area (Å²) in [6.07, 6.45) is 2.18. The molecule has 6 nitrogen and oxygen atoms in total. The second-order valence-corrected chi connectivity index (χ2v) is 4.26. The van der Waals surface area contributed by atoms with Gasteiger partial charge in [0.25, 0.3) is 0 Å². The largest absolute Gasteiger partial charge is 0.494 e. The summed E-state index contributed by atoms with van der Waals surface area (Å²) in [5.41, 5.74) is 6.72. The van der Waals surface area contributed by atoms with Gasteiger partial charge in [-0.25, -0.2) is 9.37 Å². The Morgan fingerprint density at radius 1 is 1.33 bits per heavy atom. The Labute approximate surface area is 122 Å². The Hall–Kier alpha value is -2.57. The van der Waals surface area contributed by atoms with Crippen molar-refractivity contribution in [1.29, 1.82) is 0 Å². The number of ether oxygens (including phenoxy) is 2. The SMILES string of the molecule is CCCOc1ncnc(Nc2ccc(OC)c(F)c2)c1N. The van der Waals surface area contributed by atoms with E-state index in [9.17, 15) is 4.39 Å². The van der Waals surface area contributed by atoms with E-state index in [1.807, 2.05) is 6.92 Å². The third kappa shape index (κ3) is 3.50. The second kappa shape index (κ2) is 6.74. The number of nitrogens with one attached hydrogen (secondary N) is 1. The molecule has 2 aromatic rings. The number of methoxy groups -OCH3 is 1. The van der Waals surface area contributed by atoms with Crippen molar-refractivity contribution in [3.63, 3.8) is 0 Å². The van der Waals surface area contributed by atoms with Crippen LogP contribution in [0.5, 0.6) is 11.6 Å². The van der Waals surface area contributed by atoms with Gasteiger partial charge in [0.1, 0.15) is 12.0 Å². The van der Waals surface area contributed by atoms with Crippen molar-refractivity contribution >= 4 is 17.2 Å². The number of rotatable bonds is 6. The summed E-state index contributed by atoms with van der Waals surface area (Å²) in [6, 6.07) is 4.48. The summed E-state index contributed by atoms with van der Waals surface area (Å²) in [4.78, 5) is 8.00. The van der Waals surface area contributed by atoms with Gasteiger partial charge in [-0.15, -0.1) is 0 Å². The number of nitrogens with zero attached hydrogens (tertiary/aromatic N) is 2. The maximum Gasteiger partial charge on any atom is 0.242 e. The summed E-state index contributed by atoms with van der Waals surface area (Å²) in [6.45, 7) is 2.49. The number of hydrogen-bond donors (Lipinski definition) is 2. The quantitative estimate of drug-likeness (QED) is 0.852. The molecule has 0 aliphatic carbocycles. The van der Waals surface area contributed by atoms with Gasteiger partial charge in [-0.05, 0) is 18.6 Å². The number of hydrogen-bond acceptors (Lipinski definition) is 6. The predicted octanol–water partition coefficient (Wildman–Crippen LogP) is 2.74. The van der Waals surface area contributed by atoms with Crippen LogP contribution in [-0.2, 0) is 0 Å². The molecule has 1 heterocycles. The first kappa shape index (κ1) is 14.8. The fourth-order valence-electron chi connectivity index (χ4n) is 1.67. The second-order valence-electron chi connectivity index (χ2n) is 4.26. The third-order valence-corrected chi connectivity index (χ3v) is 2.70. The third-order valence-electron chi connectivity index (χ3n) is 2.70. The van der Waals surface area contributed by atoms with Crippen molar-refractivity contribution in [3.8, 4) is 11.6 Å². The molecule has 2 rings (SSSR count). The Bertz CT molecular complexity index is 622. The molecular weight excluding hydrogens is 275 g/mol. The molecule has 0 unspecified atom stereocenters. The van der Waals surface area contributed by atoms with Crippen LogP contribution >= 0.6 is 0 Å². The smallest absolute Gasteiger partial charge is 0.242 e. The van der Waals surface area contributed by atoms with Crippen LogP contribution in [0, 0.1) is 5.82 Å². The molecule has 0 saturated heterocycles. The molecular formula is C14H17FN4O2. The van der Waals surface area contributed by atoms with Gasteiger partial charge in [0.15, 0.2) is 17.4 Å². The monoisotopic (exact) mass is 292 g/mol. The van der Waals surface area contributed by atoms with Crippen molar-refractivity contribution < 1.29 is 13.9 Å². The average Bonchev–Trinajstić information content (AvgIpc) is 2.48. The summed E-state index contributed by atoms with van der Waals surface area (Å²) >= 11 is 0. The van der Waals surface area contributed by atoms with E-state index >= 15 is 0 Å². The first-order chi connectivity index (χ1) is 10.2. The average molecular weight is 292 g/mol. The van der Waals surface area contributed by atoms with Gasteiger partial charge in [-0.1, -0.05) is 6.92 Å². The van der Waals surface area contributed by atoms with E-state index in [2.05, 4.69) is 15.3 Å². The van der Waals surface area contributed by atoms with Crippen molar-refractivity contribution in [3.05, 3.63) is 30.3 Å². The minimum absolute atomic E-state index is 0.170. The summed E-state index contributed by atoms with van der Waals surface area (Å²) in [5.74, 6) is 0.366. The molecule has 1 aromatic heterocycles. The molecule has 0 bridgehead atoms. The van der Waals surface area contributed by atoms with Crippen LogP contribution in [0.4, 0.5) is 21.6 Å². The van der Waals surface area contributed by atoms with Crippen LogP contribution < -0.4 is 20.5 Å². The molecule has 3 N–H and O–H groups in total. The van der Waals surface area contributed by atoms with Gasteiger partial charge in [-0.2, -0.15) is 4.98 Å². The van der Waals surface area contributed by atoms with Crippen molar-refractivity contribution in [2.45, 2.75) is 13.3 Å². The zero-order chi connectivity index (χ0) is 15.2. The minimum Gasteiger partial charge on any atom is -0.494 e. The highest BCUT2D eigenvalue weighted by Crippen LogP contribution is 2.29. The summed E-state index contributed by atoms with van der Waals surface area (Å²) in [7, 11) is 1.41. The molecule has 0 radical (unpaired) electrons. The molecule has 21 heavy (non-hydrogen) atoms. The zero-order valence-corrected chi connectivity index (χ0v) is 11.9. The number of nitrogens with two attached hydrogens (primary N) is 1. The molecule has 0 aliphatic heterocycles. The lowest BCUT2D eigenvalue weighted by atomic mass is 10.3. The number of nitrogen functional groups attached to an aromatic ring is 1. The molecule has 112 valence electrons. The van der Waals surface area contributed by atoms with E-state index in [0.717, 1.165) is 6.42 Å². The zero-order valence-electron chi connectivity index (χ0n) is 11.9. The minimum atomic E-state index is -0.474. The van der Waals surface area contributed by atoms with Crippen molar-refractivity contribution in [2.75, 3.05) is 24.8 Å².